The van der Waals surface area contributed by atoms with Crippen LogP contribution in [0.25, 0.3) is 0 Å². The van der Waals surface area contributed by atoms with Crippen molar-refractivity contribution in [3.8, 4) is 6.07 Å². The molecular weight excluding hydrogens is 238 g/mol. The second-order valence-electron chi connectivity index (χ2n) is 4.13. The summed E-state index contributed by atoms with van der Waals surface area (Å²) in [6, 6.07) is 5.40. The third-order valence-corrected chi connectivity index (χ3v) is 2.60. The summed E-state index contributed by atoms with van der Waals surface area (Å²) in [5.41, 5.74) is 0.493. The highest BCUT2D eigenvalue weighted by Gasteiger charge is 2.14. The molecule has 0 saturated heterocycles. The molecule has 1 N–H and O–H groups in total. The van der Waals surface area contributed by atoms with Crippen molar-refractivity contribution in [2.75, 3.05) is 19.0 Å². The van der Waals surface area contributed by atoms with Crippen molar-refractivity contribution in [2.24, 2.45) is 5.92 Å². The number of halogens is 1. The monoisotopic (exact) mass is 253 g/mol. The lowest BCUT2D eigenvalue weighted by molar-refractivity contribution is 0.171. The second kappa shape index (κ2) is 6.43. The van der Waals surface area contributed by atoms with E-state index >= 15 is 0 Å². The minimum absolute atomic E-state index is 0.137. The molecule has 0 saturated carbocycles. The van der Waals surface area contributed by atoms with Crippen LogP contribution in [0.3, 0.4) is 0 Å². The largest absolute Gasteiger partial charge is 0.383 e. The van der Waals surface area contributed by atoms with Gasteiger partial charge in [0.2, 0.25) is 0 Å². The standard InChI is InChI=1S/C12H16ClN3O/c1-8(2)10(7-17-3)15-12-5-9(6-14)4-11(13)16-12/h4-5,8,10H,7H2,1-3H3,(H,15,16). The first-order chi connectivity index (χ1) is 8.06. The Morgan fingerprint density at radius 1 is 1.53 bits per heavy atom. The smallest absolute Gasteiger partial charge is 0.132 e. The lowest BCUT2D eigenvalue weighted by Crippen LogP contribution is -2.30. The summed E-state index contributed by atoms with van der Waals surface area (Å²) in [6.07, 6.45) is 0. The Labute approximate surface area is 107 Å². The molecule has 1 heterocycles. The molecule has 5 heteroatoms. The van der Waals surface area contributed by atoms with Gasteiger partial charge < -0.3 is 10.1 Å². The van der Waals surface area contributed by atoms with Crippen molar-refractivity contribution >= 4 is 17.4 Å². The number of nitriles is 1. The van der Waals surface area contributed by atoms with Gasteiger partial charge in [-0.2, -0.15) is 5.26 Å². The quantitative estimate of drug-likeness (QED) is 0.820. The summed E-state index contributed by atoms with van der Waals surface area (Å²) >= 11 is 5.84. The number of hydrogen-bond donors (Lipinski definition) is 1. The Balaban J connectivity index is 2.85. The summed E-state index contributed by atoms with van der Waals surface area (Å²) in [4.78, 5) is 4.13. The molecule has 0 radical (unpaired) electrons. The highest BCUT2D eigenvalue weighted by atomic mass is 35.5. The molecule has 1 atom stereocenters. The molecule has 0 spiro atoms. The van der Waals surface area contributed by atoms with E-state index in [-0.39, 0.29) is 6.04 Å². The normalized spacial score (nSPS) is 12.2. The number of ether oxygens (including phenoxy) is 1. The third-order valence-electron chi connectivity index (χ3n) is 2.41. The van der Waals surface area contributed by atoms with Crippen LogP contribution >= 0.6 is 11.6 Å². The predicted octanol–water partition coefficient (Wildman–Crippen LogP) is 2.69. The molecule has 0 fully saturated rings. The number of aromatic nitrogens is 1. The molecule has 1 aromatic rings. The zero-order valence-corrected chi connectivity index (χ0v) is 11.0. The number of anilines is 1. The minimum atomic E-state index is 0.137. The van der Waals surface area contributed by atoms with Gasteiger partial charge in [-0.15, -0.1) is 0 Å². The Hall–Kier alpha value is -1.31. The highest BCUT2D eigenvalue weighted by Crippen LogP contribution is 2.16. The minimum Gasteiger partial charge on any atom is -0.383 e. The van der Waals surface area contributed by atoms with Crippen molar-refractivity contribution in [1.82, 2.24) is 4.98 Å². The van der Waals surface area contributed by atoms with Crippen molar-refractivity contribution in [2.45, 2.75) is 19.9 Å². The Morgan fingerprint density at radius 3 is 2.76 bits per heavy atom. The summed E-state index contributed by atoms with van der Waals surface area (Å²) in [6.45, 7) is 4.76. The molecule has 1 rings (SSSR count). The summed E-state index contributed by atoms with van der Waals surface area (Å²) < 4.78 is 5.14. The van der Waals surface area contributed by atoms with Crippen LogP contribution in [-0.2, 0) is 4.74 Å². The maximum Gasteiger partial charge on any atom is 0.132 e. The molecule has 0 bridgehead atoms. The second-order valence-corrected chi connectivity index (χ2v) is 4.51. The summed E-state index contributed by atoms with van der Waals surface area (Å²) in [7, 11) is 1.66. The van der Waals surface area contributed by atoms with E-state index in [2.05, 4.69) is 24.1 Å². The van der Waals surface area contributed by atoms with Gasteiger partial charge in [-0.25, -0.2) is 4.98 Å². The van der Waals surface area contributed by atoms with Gasteiger partial charge >= 0.3 is 0 Å². The number of nitrogens with one attached hydrogen (secondary N) is 1. The topological polar surface area (TPSA) is 57.9 Å². The molecule has 92 valence electrons. The van der Waals surface area contributed by atoms with E-state index in [1.165, 1.54) is 6.07 Å². The maximum absolute atomic E-state index is 8.84. The third kappa shape index (κ3) is 4.22. The van der Waals surface area contributed by atoms with Gasteiger partial charge in [0, 0.05) is 7.11 Å². The average Bonchev–Trinajstić information content (AvgIpc) is 2.27. The fourth-order valence-corrected chi connectivity index (χ4v) is 1.61. The van der Waals surface area contributed by atoms with Crippen LogP contribution in [0.1, 0.15) is 19.4 Å². The van der Waals surface area contributed by atoms with E-state index in [1.54, 1.807) is 13.2 Å². The molecule has 17 heavy (non-hydrogen) atoms. The summed E-state index contributed by atoms with van der Waals surface area (Å²) in [5.74, 6) is 0.992. The maximum atomic E-state index is 8.84. The van der Waals surface area contributed by atoms with Crippen LogP contribution in [0.4, 0.5) is 5.82 Å². The van der Waals surface area contributed by atoms with Gasteiger partial charge in [0.1, 0.15) is 11.0 Å². The Bertz CT molecular complexity index is 415. The Kier molecular flexibility index (Phi) is 5.20. The van der Waals surface area contributed by atoms with Gasteiger partial charge in [0.15, 0.2) is 0 Å². The number of rotatable bonds is 5. The lowest BCUT2D eigenvalue weighted by atomic mass is 10.1. The number of nitrogens with zero attached hydrogens (tertiary/aromatic N) is 2. The molecular formula is C12H16ClN3O. The average molecular weight is 254 g/mol. The Morgan fingerprint density at radius 2 is 2.24 bits per heavy atom. The lowest BCUT2D eigenvalue weighted by Gasteiger charge is -2.22. The SMILES string of the molecule is COCC(Nc1cc(C#N)cc(Cl)n1)C(C)C. The van der Waals surface area contributed by atoms with E-state index in [9.17, 15) is 0 Å². The van der Waals surface area contributed by atoms with E-state index < -0.39 is 0 Å². The zero-order valence-electron chi connectivity index (χ0n) is 10.2. The van der Waals surface area contributed by atoms with Crippen molar-refractivity contribution in [1.29, 1.82) is 5.26 Å². The molecule has 0 aliphatic rings. The van der Waals surface area contributed by atoms with E-state index in [4.69, 9.17) is 21.6 Å². The van der Waals surface area contributed by atoms with Gasteiger partial charge in [0.25, 0.3) is 0 Å². The first-order valence-electron chi connectivity index (χ1n) is 5.40. The van der Waals surface area contributed by atoms with Crippen molar-refractivity contribution < 1.29 is 4.74 Å². The molecule has 1 aromatic heterocycles. The van der Waals surface area contributed by atoms with Gasteiger partial charge in [-0.05, 0) is 18.1 Å². The van der Waals surface area contributed by atoms with E-state index in [0.717, 1.165) is 0 Å². The predicted molar refractivity (Wildman–Crippen MR) is 68.1 cm³/mol. The first kappa shape index (κ1) is 13.8. The number of methoxy groups -OCH3 is 1. The van der Waals surface area contributed by atoms with Crippen LogP contribution in [0.5, 0.6) is 0 Å². The van der Waals surface area contributed by atoms with Gasteiger partial charge in [-0.1, -0.05) is 25.4 Å². The molecule has 0 aliphatic heterocycles. The fourth-order valence-electron chi connectivity index (χ4n) is 1.41. The van der Waals surface area contributed by atoms with Crippen LogP contribution < -0.4 is 5.32 Å². The van der Waals surface area contributed by atoms with Gasteiger partial charge in [0.05, 0.1) is 24.3 Å². The first-order valence-corrected chi connectivity index (χ1v) is 5.77. The summed E-state index contributed by atoms with van der Waals surface area (Å²) in [5, 5.41) is 12.4. The van der Waals surface area contributed by atoms with Crippen LogP contribution in [0.2, 0.25) is 5.15 Å². The van der Waals surface area contributed by atoms with Gasteiger partial charge in [-0.3, -0.25) is 0 Å². The van der Waals surface area contributed by atoms with Crippen LogP contribution in [-0.4, -0.2) is 24.7 Å². The number of pyridine rings is 1. The van der Waals surface area contributed by atoms with Crippen LogP contribution in [0, 0.1) is 17.2 Å². The molecule has 4 nitrogen and oxygen atoms in total. The highest BCUT2D eigenvalue weighted by molar-refractivity contribution is 6.29. The molecule has 0 amide bonds. The van der Waals surface area contributed by atoms with Crippen molar-refractivity contribution in [3.63, 3.8) is 0 Å². The van der Waals surface area contributed by atoms with E-state index in [0.29, 0.717) is 29.1 Å². The van der Waals surface area contributed by atoms with Crippen LogP contribution in [0.15, 0.2) is 12.1 Å². The molecule has 0 aliphatic carbocycles. The zero-order chi connectivity index (χ0) is 12.8. The molecule has 1 unspecified atom stereocenters. The number of hydrogen-bond acceptors (Lipinski definition) is 4. The van der Waals surface area contributed by atoms with Crippen molar-refractivity contribution in [3.05, 3.63) is 22.8 Å². The fraction of sp³-hybridized carbons (Fsp3) is 0.500. The van der Waals surface area contributed by atoms with E-state index in [1.807, 2.05) is 6.07 Å². The molecule has 0 aromatic carbocycles.